The summed E-state index contributed by atoms with van der Waals surface area (Å²) in [6.07, 6.45) is 0. The molecule has 0 bridgehead atoms. The highest BCUT2D eigenvalue weighted by Gasteiger charge is 2.23. The fourth-order valence-electron chi connectivity index (χ4n) is 2.11. The van der Waals surface area contributed by atoms with E-state index < -0.39 is 5.97 Å². The summed E-state index contributed by atoms with van der Waals surface area (Å²) in [7, 11) is 0. The normalized spacial score (nSPS) is 10.7. The first-order chi connectivity index (χ1) is 10.2. The molecule has 0 saturated carbocycles. The summed E-state index contributed by atoms with van der Waals surface area (Å²) in [5, 5.41) is 2.24. The monoisotopic (exact) mass is 300 g/mol. The van der Waals surface area contributed by atoms with Crippen LogP contribution in [0.3, 0.4) is 0 Å². The fourth-order valence-corrected chi connectivity index (χ4v) is 2.82. The molecular weight excluding hydrogens is 288 g/mol. The topological polar surface area (TPSA) is 56.5 Å². The molecule has 0 amide bonds. The molecule has 106 valence electrons. The van der Waals surface area contributed by atoms with Crippen molar-refractivity contribution < 1.29 is 13.9 Å². The third kappa shape index (κ3) is 2.36. The Balaban J connectivity index is 2.36. The summed E-state index contributed by atoms with van der Waals surface area (Å²) >= 11 is 1.40. The van der Waals surface area contributed by atoms with E-state index in [9.17, 15) is 9.59 Å². The minimum absolute atomic E-state index is 0.0435. The average Bonchev–Trinajstić information content (AvgIpc) is 3.01. The minimum atomic E-state index is -0.652. The minimum Gasteiger partial charge on any atom is -0.462 e. The number of esters is 1. The van der Waals surface area contributed by atoms with E-state index in [4.69, 9.17) is 9.15 Å². The molecule has 0 radical (unpaired) electrons. The van der Waals surface area contributed by atoms with Crippen molar-refractivity contribution in [2.45, 2.75) is 6.92 Å². The molecule has 4 nitrogen and oxygen atoms in total. The number of hydrogen-bond acceptors (Lipinski definition) is 5. The molecule has 0 N–H and O–H groups in total. The van der Waals surface area contributed by atoms with Gasteiger partial charge >= 0.3 is 5.97 Å². The van der Waals surface area contributed by atoms with Crippen molar-refractivity contribution in [3.05, 3.63) is 57.6 Å². The molecule has 0 aliphatic carbocycles. The molecule has 2 aromatic heterocycles. The molecule has 2 heterocycles. The van der Waals surface area contributed by atoms with Crippen molar-refractivity contribution in [1.29, 1.82) is 0 Å². The summed E-state index contributed by atoms with van der Waals surface area (Å²) in [6, 6.07) is 10.5. The molecule has 1 aromatic carbocycles. The van der Waals surface area contributed by atoms with Gasteiger partial charge in [-0.2, -0.15) is 0 Å². The number of fused-ring (bicyclic) bond motifs is 1. The van der Waals surface area contributed by atoms with Gasteiger partial charge in [0.15, 0.2) is 11.3 Å². The van der Waals surface area contributed by atoms with Gasteiger partial charge in [0.1, 0.15) is 5.58 Å². The van der Waals surface area contributed by atoms with E-state index in [0.717, 1.165) is 4.88 Å². The number of benzene rings is 1. The van der Waals surface area contributed by atoms with Crippen LogP contribution in [0.5, 0.6) is 0 Å². The first kappa shape index (κ1) is 13.6. The molecule has 0 atom stereocenters. The van der Waals surface area contributed by atoms with E-state index in [0.29, 0.717) is 11.0 Å². The maximum Gasteiger partial charge on any atom is 0.346 e. The summed E-state index contributed by atoms with van der Waals surface area (Å²) < 4.78 is 10.8. The van der Waals surface area contributed by atoms with Gasteiger partial charge in [0.05, 0.1) is 16.9 Å². The highest BCUT2D eigenvalue weighted by Crippen LogP contribution is 2.29. The predicted molar refractivity (Wildman–Crippen MR) is 81.8 cm³/mol. The van der Waals surface area contributed by atoms with Crippen molar-refractivity contribution in [3.63, 3.8) is 0 Å². The molecule has 0 saturated heterocycles. The van der Waals surface area contributed by atoms with Crippen LogP contribution in [-0.2, 0) is 4.74 Å². The zero-order valence-corrected chi connectivity index (χ0v) is 12.1. The van der Waals surface area contributed by atoms with Crippen LogP contribution in [0.15, 0.2) is 51.0 Å². The largest absolute Gasteiger partial charge is 0.462 e. The van der Waals surface area contributed by atoms with Gasteiger partial charge in [-0.05, 0) is 30.5 Å². The molecule has 0 spiro atoms. The van der Waals surface area contributed by atoms with Crippen molar-refractivity contribution in [3.8, 4) is 10.6 Å². The Bertz CT molecular complexity index is 846. The number of hydrogen-bond donors (Lipinski definition) is 0. The third-order valence-corrected chi connectivity index (χ3v) is 3.89. The Hall–Kier alpha value is -2.40. The first-order valence-corrected chi connectivity index (χ1v) is 7.37. The average molecular weight is 300 g/mol. The molecular formula is C16H12O4S. The van der Waals surface area contributed by atoms with Crippen molar-refractivity contribution in [1.82, 2.24) is 0 Å². The third-order valence-electron chi connectivity index (χ3n) is 3.02. The lowest BCUT2D eigenvalue weighted by molar-refractivity contribution is 0.0524. The summed E-state index contributed by atoms with van der Waals surface area (Å²) in [5.41, 5.74) is 0.0515. The number of rotatable bonds is 3. The number of ether oxygens (including phenoxy) is 1. The van der Waals surface area contributed by atoms with E-state index in [1.807, 2.05) is 11.4 Å². The molecule has 0 aliphatic rings. The van der Waals surface area contributed by atoms with Gasteiger partial charge in [0.25, 0.3) is 0 Å². The van der Waals surface area contributed by atoms with Gasteiger partial charge in [-0.25, -0.2) is 4.79 Å². The lowest BCUT2D eigenvalue weighted by Gasteiger charge is -2.07. The highest BCUT2D eigenvalue weighted by atomic mass is 32.1. The van der Waals surface area contributed by atoms with Crippen molar-refractivity contribution in [2.24, 2.45) is 0 Å². The van der Waals surface area contributed by atoms with Crippen LogP contribution in [0, 0.1) is 0 Å². The maximum absolute atomic E-state index is 12.6. The van der Waals surface area contributed by atoms with Gasteiger partial charge in [0, 0.05) is 0 Å². The molecule has 3 rings (SSSR count). The number of carbonyl (C=O) groups is 1. The maximum atomic E-state index is 12.6. The molecule has 5 heteroatoms. The summed E-state index contributed by atoms with van der Waals surface area (Å²) in [6.45, 7) is 1.90. The molecule has 0 unspecified atom stereocenters. The zero-order valence-electron chi connectivity index (χ0n) is 11.3. The second-order valence-electron chi connectivity index (χ2n) is 4.33. The standard InChI is InChI=1S/C16H12O4S/c1-2-19-16(18)13-14(17)10-6-3-4-7-11(10)20-15(13)12-8-5-9-21-12/h3-9H,2H2,1H3. The van der Waals surface area contributed by atoms with Crippen LogP contribution in [-0.4, -0.2) is 12.6 Å². The molecule has 0 fully saturated rings. The van der Waals surface area contributed by atoms with Crippen LogP contribution in [0.2, 0.25) is 0 Å². The van der Waals surface area contributed by atoms with Gasteiger partial charge in [0.2, 0.25) is 5.43 Å². The Labute approximate surface area is 124 Å². The van der Waals surface area contributed by atoms with Crippen LogP contribution < -0.4 is 5.43 Å². The fraction of sp³-hybridized carbons (Fsp3) is 0.125. The SMILES string of the molecule is CCOC(=O)c1c(-c2cccs2)oc2ccccc2c1=O. The Morgan fingerprint density at radius 2 is 2.05 bits per heavy atom. The second-order valence-corrected chi connectivity index (χ2v) is 5.28. The van der Waals surface area contributed by atoms with E-state index >= 15 is 0 Å². The lowest BCUT2D eigenvalue weighted by atomic mass is 10.1. The van der Waals surface area contributed by atoms with E-state index in [-0.39, 0.29) is 23.4 Å². The lowest BCUT2D eigenvalue weighted by Crippen LogP contribution is -2.19. The quantitative estimate of drug-likeness (QED) is 0.692. The van der Waals surface area contributed by atoms with E-state index in [2.05, 4.69) is 0 Å². The van der Waals surface area contributed by atoms with Crippen molar-refractivity contribution in [2.75, 3.05) is 6.61 Å². The Kier molecular flexibility index (Phi) is 3.58. The van der Waals surface area contributed by atoms with Gasteiger partial charge in [-0.1, -0.05) is 18.2 Å². The summed E-state index contributed by atoms with van der Waals surface area (Å²) in [4.78, 5) is 25.5. The summed E-state index contributed by atoms with van der Waals surface area (Å²) in [5.74, 6) is -0.382. The predicted octanol–water partition coefficient (Wildman–Crippen LogP) is 3.70. The van der Waals surface area contributed by atoms with Crippen LogP contribution in [0.25, 0.3) is 21.6 Å². The second kappa shape index (κ2) is 5.54. The van der Waals surface area contributed by atoms with E-state index in [1.165, 1.54) is 11.3 Å². The number of thiophene rings is 1. The van der Waals surface area contributed by atoms with Gasteiger partial charge in [-0.15, -0.1) is 11.3 Å². The number of carbonyl (C=O) groups excluding carboxylic acids is 1. The number of para-hydroxylation sites is 1. The Morgan fingerprint density at radius 1 is 1.24 bits per heavy atom. The van der Waals surface area contributed by atoms with E-state index in [1.54, 1.807) is 37.3 Å². The van der Waals surface area contributed by atoms with Crippen LogP contribution in [0.4, 0.5) is 0 Å². The van der Waals surface area contributed by atoms with Gasteiger partial charge < -0.3 is 9.15 Å². The zero-order chi connectivity index (χ0) is 14.8. The molecule has 3 aromatic rings. The molecule has 21 heavy (non-hydrogen) atoms. The Morgan fingerprint density at radius 3 is 2.76 bits per heavy atom. The van der Waals surface area contributed by atoms with Crippen LogP contribution >= 0.6 is 11.3 Å². The highest BCUT2D eigenvalue weighted by molar-refractivity contribution is 7.13. The smallest absolute Gasteiger partial charge is 0.346 e. The first-order valence-electron chi connectivity index (χ1n) is 6.49. The van der Waals surface area contributed by atoms with Crippen molar-refractivity contribution >= 4 is 28.3 Å². The molecule has 0 aliphatic heterocycles. The van der Waals surface area contributed by atoms with Gasteiger partial charge in [-0.3, -0.25) is 4.79 Å². The van der Waals surface area contributed by atoms with Crippen LogP contribution in [0.1, 0.15) is 17.3 Å².